The predicted octanol–water partition coefficient (Wildman–Crippen LogP) is 17.2. The standard InChI is InChI=1S/C67H115NO8/c1-6-8-10-12-14-16-18-20-22-24-25-26-27-28-29-30-31-32-33-34-35-36-37-38-39-40-41-42-44-46-48-50-52-54-56-58-65(70)76-63(62-75-67(66(71)72)73-60-59-68(3,4)5)61-74-64(69)57-55-53-51-49-47-45-43-23-21-19-17-15-13-11-9-7-2/h8,10,14,16,20,22,25-26,28-29,31-32,34-35,37-38,63,67H,6-7,9,11-13,15,17-19,21,23-24,27,30,33,36,39-62H2,1-5H3/b10-8-,16-14-,22-20-,26-25-,29-28-,32-31-,35-34-,38-37-. The number of hydrogen-bond acceptors (Lipinski definition) is 8. The minimum absolute atomic E-state index is 0.144. The van der Waals surface area contributed by atoms with Crippen LogP contribution in [-0.2, 0) is 33.3 Å². The van der Waals surface area contributed by atoms with E-state index in [0.717, 1.165) is 96.3 Å². The Hall–Kier alpha value is -3.79. The van der Waals surface area contributed by atoms with E-state index in [-0.39, 0.29) is 32.2 Å². The van der Waals surface area contributed by atoms with Gasteiger partial charge in [-0.05, 0) is 77.0 Å². The van der Waals surface area contributed by atoms with Gasteiger partial charge in [0.2, 0.25) is 0 Å². The maximum Gasteiger partial charge on any atom is 0.306 e. The Balaban J connectivity index is 4.18. The van der Waals surface area contributed by atoms with Crippen molar-refractivity contribution in [2.45, 2.75) is 264 Å². The number of carbonyl (C=O) groups is 3. The average Bonchev–Trinajstić information content (AvgIpc) is 3.39. The smallest absolute Gasteiger partial charge is 0.306 e. The number of unbranched alkanes of at least 4 members (excludes halogenated alkanes) is 25. The van der Waals surface area contributed by atoms with Crippen molar-refractivity contribution in [1.82, 2.24) is 0 Å². The van der Waals surface area contributed by atoms with E-state index in [1.807, 2.05) is 21.1 Å². The molecule has 0 N–H and O–H groups in total. The molecule has 76 heavy (non-hydrogen) atoms. The highest BCUT2D eigenvalue weighted by Gasteiger charge is 2.22. The minimum atomic E-state index is -1.63. The first kappa shape index (κ1) is 72.2. The van der Waals surface area contributed by atoms with Crippen molar-refractivity contribution in [2.75, 3.05) is 47.5 Å². The number of carboxylic acids is 1. The molecule has 0 saturated carbocycles. The summed E-state index contributed by atoms with van der Waals surface area (Å²) < 4.78 is 22.7. The number of hydrogen-bond donors (Lipinski definition) is 0. The lowest BCUT2D eigenvalue weighted by Gasteiger charge is -2.26. The van der Waals surface area contributed by atoms with E-state index in [9.17, 15) is 19.5 Å². The molecule has 0 radical (unpaired) electrons. The van der Waals surface area contributed by atoms with Gasteiger partial charge in [-0.2, -0.15) is 0 Å². The molecule has 0 aliphatic heterocycles. The van der Waals surface area contributed by atoms with Gasteiger partial charge >= 0.3 is 11.9 Å². The topological polar surface area (TPSA) is 111 Å². The zero-order valence-electron chi connectivity index (χ0n) is 49.6. The van der Waals surface area contributed by atoms with Crippen molar-refractivity contribution in [3.05, 3.63) is 97.2 Å². The van der Waals surface area contributed by atoms with E-state index < -0.39 is 24.3 Å². The SMILES string of the molecule is CC/C=C\C/C=C\C/C=C\C/C=C\C/C=C\C/C=C\C/C=C\C/C=C\CCCCCCCCCCCCC(=O)OC(COC(=O)CCCCCCCCCCCCCCCCCC)COC(OCC[N+](C)(C)C)C(=O)[O-]. The number of carbonyl (C=O) groups excluding carboxylic acids is 3. The lowest BCUT2D eigenvalue weighted by Crippen LogP contribution is -2.44. The van der Waals surface area contributed by atoms with E-state index in [1.165, 1.54) is 122 Å². The summed E-state index contributed by atoms with van der Waals surface area (Å²) in [5.41, 5.74) is 0. The van der Waals surface area contributed by atoms with Crippen LogP contribution in [0, 0.1) is 0 Å². The van der Waals surface area contributed by atoms with Crippen molar-refractivity contribution in [2.24, 2.45) is 0 Å². The Kier molecular flexibility index (Phi) is 54.5. The molecule has 436 valence electrons. The van der Waals surface area contributed by atoms with Crippen LogP contribution >= 0.6 is 0 Å². The van der Waals surface area contributed by atoms with Gasteiger partial charge in [0, 0.05) is 12.8 Å². The summed E-state index contributed by atoms with van der Waals surface area (Å²) in [6.45, 7) is 4.64. The summed E-state index contributed by atoms with van der Waals surface area (Å²) in [6.07, 6.45) is 74.6. The molecule has 0 fully saturated rings. The van der Waals surface area contributed by atoms with Gasteiger partial charge in [0.15, 0.2) is 12.4 Å². The van der Waals surface area contributed by atoms with Gasteiger partial charge in [-0.15, -0.1) is 0 Å². The number of allylic oxidation sites excluding steroid dienone is 16. The lowest BCUT2D eigenvalue weighted by atomic mass is 10.0. The van der Waals surface area contributed by atoms with Gasteiger partial charge < -0.3 is 33.3 Å². The van der Waals surface area contributed by atoms with Crippen LogP contribution in [0.4, 0.5) is 0 Å². The fraction of sp³-hybridized carbons (Fsp3) is 0.716. The average molecular weight is 1060 g/mol. The quantitative estimate of drug-likeness (QED) is 0.0195. The molecule has 2 atom stereocenters. The van der Waals surface area contributed by atoms with Crippen LogP contribution in [0.1, 0.15) is 251 Å². The Morgan fingerprint density at radius 1 is 0.408 bits per heavy atom. The van der Waals surface area contributed by atoms with Crippen molar-refractivity contribution < 1.29 is 42.9 Å². The van der Waals surface area contributed by atoms with Crippen LogP contribution in [0.2, 0.25) is 0 Å². The zero-order valence-corrected chi connectivity index (χ0v) is 49.6. The highest BCUT2D eigenvalue weighted by atomic mass is 16.7. The minimum Gasteiger partial charge on any atom is -0.545 e. The van der Waals surface area contributed by atoms with Crippen molar-refractivity contribution >= 4 is 17.9 Å². The molecule has 9 heteroatoms. The van der Waals surface area contributed by atoms with E-state index in [4.69, 9.17) is 18.9 Å². The molecule has 0 amide bonds. The normalized spacial score (nSPS) is 13.4. The number of likely N-dealkylation sites (N-methyl/N-ethyl adjacent to an activating group) is 1. The van der Waals surface area contributed by atoms with Gasteiger partial charge in [0.25, 0.3) is 0 Å². The third-order valence-electron chi connectivity index (χ3n) is 13.1. The molecule has 9 nitrogen and oxygen atoms in total. The second kappa shape index (κ2) is 57.4. The molecule has 0 rings (SSSR count). The molecule has 0 saturated heterocycles. The maximum absolute atomic E-state index is 12.9. The summed E-state index contributed by atoms with van der Waals surface area (Å²) in [4.78, 5) is 37.3. The molecule has 0 aromatic carbocycles. The third-order valence-corrected chi connectivity index (χ3v) is 13.1. The Bertz CT molecular complexity index is 1570. The van der Waals surface area contributed by atoms with Crippen LogP contribution in [0.5, 0.6) is 0 Å². The van der Waals surface area contributed by atoms with Crippen molar-refractivity contribution in [3.8, 4) is 0 Å². The van der Waals surface area contributed by atoms with Crippen LogP contribution < -0.4 is 5.11 Å². The van der Waals surface area contributed by atoms with Gasteiger partial charge in [0.1, 0.15) is 13.2 Å². The summed E-state index contributed by atoms with van der Waals surface area (Å²) in [7, 11) is 5.92. The summed E-state index contributed by atoms with van der Waals surface area (Å²) in [6, 6.07) is 0. The predicted molar refractivity (Wildman–Crippen MR) is 320 cm³/mol. The largest absolute Gasteiger partial charge is 0.545 e. The second-order valence-electron chi connectivity index (χ2n) is 21.6. The molecule has 2 unspecified atom stereocenters. The molecule has 0 aromatic heterocycles. The third kappa shape index (κ3) is 57.9. The second-order valence-corrected chi connectivity index (χ2v) is 21.6. The number of quaternary nitrogens is 1. The molecule has 0 spiro atoms. The summed E-state index contributed by atoms with van der Waals surface area (Å²) in [5.74, 6) is -2.29. The highest BCUT2D eigenvalue weighted by molar-refractivity contribution is 5.70. The number of rotatable bonds is 56. The Morgan fingerprint density at radius 2 is 0.750 bits per heavy atom. The molecular formula is C67H115NO8. The van der Waals surface area contributed by atoms with E-state index in [2.05, 4.69) is 111 Å². The zero-order chi connectivity index (χ0) is 55.5. The van der Waals surface area contributed by atoms with E-state index >= 15 is 0 Å². The van der Waals surface area contributed by atoms with Gasteiger partial charge in [-0.25, -0.2) is 0 Å². The fourth-order valence-electron chi connectivity index (χ4n) is 8.38. The van der Waals surface area contributed by atoms with Crippen LogP contribution in [0.3, 0.4) is 0 Å². The molecule has 0 heterocycles. The number of carboxylic acid groups (broad SMARTS) is 1. The van der Waals surface area contributed by atoms with Crippen LogP contribution in [0.25, 0.3) is 0 Å². The van der Waals surface area contributed by atoms with Gasteiger partial charge in [-0.1, -0.05) is 259 Å². The van der Waals surface area contributed by atoms with Crippen LogP contribution in [0.15, 0.2) is 97.2 Å². The molecule has 0 aliphatic rings. The van der Waals surface area contributed by atoms with Gasteiger partial charge in [-0.3, -0.25) is 9.59 Å². The van der Waals surface area contributed by atoms with E-state index in [0.29, 0.717) is 23.9 Å². The highest BCUT2D eigenvalue weighted by Crippen LogP contribution is 2.16. The summed E-state index contributed by atoms with van der Waals surface area (Å²) in [5, 5.41) is 11.8. The molecule has 0 aliphatic carbocycles. The molecule has 0 aromatic rings. The number of ether oxygens (including phenoxy) is 4. The molecular weight excluding hydrogens is 947 g/mol. The van der Waals surface area contributed by atoms with Crippen molar-refractivity contribution in [1.29, 1.82) is 0 Å². The number of esters is 2. The first-order valence-corrected chi connectivity index (χ1v) is 30.9. The maximum atomic E-state index is 12.9. The first-order valence-electron chi connectivity index (χ1n) is 30.9. The summed E-state index contributed by atoms with van der Waals surface area (Å²) >= 11 is 0. The molecule has 0 bridgehead atoms. The Morgan fingerprint density at radius 3 is 1.12 bits per heavy atom. The monoisotopic (exact) mass is 1060 g/mol. The van der Waals surface area contributed by atoms with E-state index in [1.54, 1.807) is 0 Å². The number of aliphatic carboxylic acids is 1. The van der Waals surface area contributed by atoms with Crippen LogP contribution in [-0.4, -0.2) is 82.3 Å². The lowest BCUT2D eigenvalue weighted by molar-refractivity contribution is -0.870. The van der Waals surface area contributed by atoms with Gasteiger partial charge in [0.05, 0.1) is 40.3 Å². The fourth-order valence-corrected chi connectivity index (χ4v) is 8.38. The first-order chi connectivity index (χ1) is 37.1. The number of nitrogens with zero attached hydrogens (tertiary/aromatic N) is 1. The Labute approximate surface area is 467 Å². The van der Waals surface area contributed by atoms with Crippen molar-refractivity contribution in [3.63, 3.8) is 0 Å².